The van der Waals surface area contributed by atoms with E-state index in [4.69, 9.17) is 5.53 Å². The molecule has 0 atom stereocenters. The summed E-state index contributed by atoms with van der Waals surface area (Å²) in [7, 11) is 0. The van der Waals surface area contributed by atoms with Crippen molar-refractivity contribution in [3.63, 3.8) is 0 Å². The van der Waals surface area contributed by atoms with Crippen molar-refractivity contribution < 1.29 is 4.79 Å². The van der Waals surface area contributed by atoms with Gasteiger partial charge in [0.2, 0.25) is 5.91 Å². The first-order chi connectivity index (χ1) is 8.11. The Morgan fingerprint density at radius 2 is 2.35 bits per heavy atom. The van der Waals surface area contributed by atoms with E-state index < -0.39 is 0 Å². The zero-order chi connectivity index (χ0) is 12.7. The van der Waals surface area contributed by atoms with Crippen LogP contribution >= 0.6 is 0 Å². The Morgan fingerprint density at radius 3 is 2.88 bits per heavy atom. The van der Waals surface area contributed by atoms with Gasteiger partial charge in [-0.15, -0.1) is 0 Å². The van der Waals surface area contributed by atoms with Crippen LogP contribution in [0.5, 0.6) is 0 Å². The van der Waals surface area contributed by atoms with E-state index in [2.05, 4.69) is 20.3 Å². The second-order valence-corrected chi connectivity index (χ2v) is 4.07. The molecule has 1 aromatic heterocycles. The van der Waals surface area contributed by atoms with E-state index in [1.807, 2.05) is 13.8 Å². The lowest BCUT2D eigenvalue weighted by Gasteiger charge is -2.06. The molecule has 1 heterocycles. The van der Waals surface area contributed by atoms with E-state index in [1.165, 1.54) is 0 Å². The lowest BCUT2D eigenvalue weighted by atomic mass is 10.1. The van der Waals surface area contributed by atoms with Crippen molar-refractivity contribution in [1.82, 2.24) is 4.98 Å². The third kappa shape index (κ3) is 4.99. The van der Waals surface area contributed by atoms with Crippen molar-refractivity contribution in [1.29, 1.82) is 0 Å². The van der Waals surface area contributed by atoms with Crippen LogP contribution in [0.4, 0.5) is 5.69 Å². The van der Waals surface area contributed by atoms with Gasteiger partial charge in [-0.25, -0.2) is 0 Å². The number of anilines is 1. The Hall–Kier alpha value is -2.07. The van der Waals surface area contributed by atoms with Gasteiger partial charge in [0.1, 0.15) is 0 Å². The van der Waals surface area contributed by atoms with E-state index in [1.54, 1.807) is 18.3 Å². The Bertz CT molecular complexity index is 420. The second-order valence-electron chi connectivity index (χ2n) is 4.07. The molecule has 0 aliphatic heterocycles. The lowest BCUT2D eigenvalue weighted by molar-refractivity contribution is -0.116. The van der Waals surface area contributed by atoms with E-state index in [0.717, 1.165) is 0 Å². The molecule has 0 radical (unpaired) electrons. The minimum atomic E-state index is -0.0235. The Balaban J connectivity index is 2.56. The zero-order valence-electron chi connectivity index (χ0n) is 9.92. The predicted octanol–water partition coefficient (Wildman–Crippen LogP) is 2.88. The SMILES string of the molecule is CC(C)CC(=O)Nc1ccc(CN=[N+]=[N-])nc1. The minimum Gasteiger partial charge on any atom is -0.325 e. The molecular formula is C11H15N5O. The van der Waals surface area contributed by atoms with E-state index >= 15 is 0 Å². The van der Waals surface area contributed by atoms with Crippen molar-refractivity contribution >= 4 is 11.6 Å². The summed E-state index contributed by atoms with van der Waals surface area (Å²) in [5.41, 5.74) is 9.48. The number of nitrogens with one attached hydrogen (secondary N) is 1. The maximum atomic E-state index is 11.5. The fourth-order valence-electron chi connectivity index (χ4n) is 1.28. The van der Waals surface area contributed by atoms with Gasteiger partial charge in [0, 0.05) is 17.0 Å². The van der Waals surface area contributed by atoms with E-state index in [9.17, 15) is 4.79 Å². The van der Waals surface area contributed by atoms with E-state index in [0.29, 0.717) is 23.7 Å². The molecule has 0 spiro atoms. The molecule has 6 heteroatoms. The number of carbonyl (C=O) groups is 1. The second kappa shape index (κ2) is 6.50. The summed E-state index contributed by atoms with van der Waals surface area (Å²) in [6.45, 7) is 4.19. The maximum Gasteiger partial charge on any atom is 0.224 e. The van der Waals surface area contributed by atoms with Crippen molar-refractivity contribution in [2.24, 2.45) is 11.0 Å². The Kier molecular flexibility index (Phi) is 4.97. The summed E-state index contributed by atoms with van der Waals surface area (Å²) in [6.07, 6.45) is 2.04. The first-order valence-electron chi connectivity index (χ1n) is 5.37. The minimum absolute atomic E-state index is 0.0235. The van der Waals surface area contributed by atoms with Crippen molar-refractivity contribution in [3.05, 3.63) is 34.5 Å². The standard InChI is InChI=1S/C11H15N5O/c1-8(2)5-11(17)15-10-4-3-9(13-6-10)7-14-16-12/h3-4,6,8H,5,7H2,1-2H3,(H,15,17). The van der Waals surface area contributed by atoms with Crippen LogP contribution in [0, 0.1) is 5.92 Å². The van der Waals surface area contributed by atoms with Gasteiger partial charge in [0.15, 0.2) is 0 Å². The molecule has 1 aromatic rings. The van der Waals surface area contributed by atoms with Crippen LogP contribution in [-0.4, -0.2) is 10.9 Å². The average molecular weight is 233 g/mol. The molecule has 0 aliphatic rings. The molecule has 0 fully saturated rings. The number of amides is 1. The highest BCUT2D eigenvalue weighted by atomic mass is 16.1. The number of nitrogens with zero attached hydrogens (tertiary/aromatic N) is 4. The van der Waals surface area contributed by atoms with Gasteiger partial charge in [-0.05, 0) is 23.6 Å². The smallest absolute Gasteiger partial charge is 0.224 e. The quantitative estimate of drug-likeness (QED) is 0.481. The van der Waals surface area contributed by atoms with E-state index in [-0.39, 0.29) is 12.5 Å². The molecule has 90 valence electrons. The number of aromatic nitrogens is 1. The van der Waals surface area contributed by atoms with Gasteiger partial charge in [0.25, 0.3) is 0 Å². The Morgan fingerprint density at radius 1 is 1.59 bits per heavy atom. The molecular weight excluding hydrogens is 218 g/mol. The monoisotopic (exact) mass is 233 g/mol. The largest absolute Gasteiger partial charge is 0.325 e. The first-order valence-corrected chi connectivity index (χ1v) is 5.37. The van der Waals surface area contributed by atoms with Gasteiger partial charge in [0.05, 0.1) is 18.4 Å². The molecule has 0 bridgehead atoms. The number of hydrogen-bond donors (Lipinski definition) is 1. The van der Waals surface area contributed by atoms with Crippen LogP contribution in [0.25, 0.3) is 10.4 Å². The third-order valence-electron chi connectivity index (χ3n) is 2.00. The van der Waals surface area contributed by atoms with Crippen LogP contribution in [0.3, 0.4) is 0 Å². The molecule has 0 unspecified atom stereocenters. The van der Waals surface area contributed by atoms with Crippen LogP contribution in [0.2, 0.25) is 0 Å². The number of pyridine rings is 1. The molecule has 1 rings (SSSR count). The number of hydrogen-bond acceptors (Lipinski definition) is 3. The predicted molar refractivity (Wildman–Crippen MR) is 65.2 cm³/mol. The van der Waals surface area contributed by atoms with Gasteiger partial charge in [-0.3, -0.25) is 9.78 Å². The average Bonchev–Trinajstić information content (AvgIpc) is 2.27. The first kappa shape index (κ1) is 13.0. The normalized spacial score (nSPS) is 9.82. The van der Waals surface area contributed by atoms with Gasteiger partial charge in [-0.2, -0.15) is 0 Å². The van der Waals surface area contributed by atoms with Crippen molar-refractivity contribution in [2.45, 2.75) is 26.8 Å². The molecule has 1 N–H and O–H groups in total. The van der Waals surface area contributed by atoms with Crippen LogP contribution < -0.4 is 5.32 Å². The topological polar surface area (TPSA) is 90.8 Å². The van der Waals surface area contributed by atoms with Gasteiger partial charge >= 0.3 is 0 Å². The van der Waals surface area contributed by atoms with Crippen LogP contribution in [0.1, 0.15) is 26.0 Å². The van der Waals surface area contributed by atoms with Gasteiger partial charge in [-0.1, -0.05) is 19.0 Å². The lowest BCUT2D eigenvalue weighted by Crippen LogP contribution is -2.13. The summed E-state index contributed by atoms with van der Waals surface area (Å²) in [6, 6.07) is 3.47. The fraction of sp³-hybridized carbons (Fsp3) is 0.455. The van der Waals surface area contributed by atoms with Gasteiger partial charge < -0.3 is 5.32 Å². The summed E-state index contributed by atoms with van der Waals surface area (Å²) in [5.74, 6) is 0.303. The molecule has 0 saturated heterocycles. The highest BCUT2D eigenvalue weighted by Crippen LogP contribution is 2.09. The number of carbonyl (C=O) groups excluding carboxylic acids is 1. The maximum absolute atomic E-state index is 11.5. The molecule has 0 saturated carbocycles. The summed E-state index contributed by atoms with van der Waals surface area (Å²) < 4.78 is 0. The fourth-order valence-corrected chi connectivity index (χ4v) is 1.28. The molecule has 1 amide bonds. The zero-order valence-corrected chi connectivity index (χ0v) is 9.92. The summed E-state index contributed by atoms with van der Waals surface area (Å²) in [4.78, 5) is 18.2. The highest BCUT2D eigenvalue weighted by molar-refractivity contribution is 5.90. The number of rotatable bonds is 5. The van der Waals surface area contributed by atoms with Crippen LogP contribution in [-0.2, 0) is 11.3 Å². The molecule has 0 aromatic carbocycles. The number of azide groups is 1. The highest BCUT2D eigenvalue weighted by Gasteiger charge is 2.05. The van der Waals surface area contributed by atoms with Crippen molar-refractivity contribution in [3.8, 4) is 0 Å². The van der Waals surface area contributed by atoms with Crippen molar-refractivity contribution in [2.75, 3.05) is 5.32 Å². The molecule has 0 aliphatic carbocycles. The third-order valence-corrected chi connectivity index (χ3v) is 2.00. The molecule has 6 nitrogen and oxygen atoms in total. The summed E-state index contributed by atoms with van der Waals surface area (Å²) >= 11 is 0. The molecule has 17 heavy (non-hydrogen) atoms. The Labute approximate surface area is 99.7 Å². The summed E-state index contributed by atoms with van der Waals surface area (Å²) in [5, 5.41) is 6.15. The van der Waals surface area contributed by atoms with Crippen LogP contribution in [0.15, 0.2) is 23.4 Å².